The van der Waals surface area contributed by atoms with Gasteiger partial charge in [0.25, 0.3) is 5.91 Å². The van der Waals surface area contributed by atoms with E-state index in [0.717, 1.165) is 38.5 Å². The minimum atomic E-state index is -3.54. The van der Waals surface area contributed by atoms with Crippen molar-refractivity contribution < 1.29 is 13.2 Å². The maximum Gasteiger partial charge on any atom is 0.251 e. The molecule has 24 heavy (non-hydrogen) atoms. The Balaban J connectivity index is 2.25. The van der Waals surface area contributed by atoms with Crippen molar-refractivity contribution in [2.45, 2.75) is 57.3 Å². The van der Waals surface area contributed by atoms with Gasteiger partial charge in [0, 0.05) is 25.2 Å². The number of carbonyl (C=O) groups is 1. The summed E-state index contributed by atoms with van der Waals surface area (Å²) in [7, 11) is -3.54. The summed E-state index contributed by atoms with van der Waals surface area (Å²) in [6, 6.07) is 4.94. The number of nitrogens with zero attached hydrogens (tertiary/aromatic N) is 1. The first-order valence-corrected chi connectivity index (χ1v) is 10.3. The largest absolute Gasteiger partial charge is 0.352 e. The third kappa shape index (κ3) is 4.57. The molecular formula is C18H28N2O3S. The molecule has 1 aliphatic rings. The van der Waals surface area contributed by atoms with Gasteiger partial charge in [0.1, 0.15) is 0 Å². The Morgan fingerprint density at radius 1 is 1.17 bits per heavy atom. The van der Waals surface area contributed by atoms with E-state index >= 15 is 0 Å². The minimum absolute atomic E-state index is 0.212. The van der Waals surface area contributed by atoms with E-state index in [1.165, 1.54) is 6.07 Å². The van der Waals surface area contributed by atoms with Gasteiger partial charge in [-0.15, -0.1) is 0 Å². The number of unbranched alkanes of at least 4 members (excludes halogenated alkanes) is 1. The Bertz CT molecular complexity index is 663. The summed E-state index contributed by atoms with van der Waals surface area (Å²) in [6.45, 7) is 5.58. The number of hydrogen-bond donors (Lipinski definition) is 1. The van der Waals surface area contributed by atoms with Crippen LogP contribution in [0.15, 0.2) is 23.1 Å². The Labute approximate surface area is 145 Å². The van der Waals surface area contributed by atoms with E-state index < -0.39 is 10.0 Å². The van der Waals surface area contributed by atoms with Crippen molar-refractivity contribution in [1.82, 2.24) is 9.62 Å². The zero-order valence-electron chi connectivity index (χ0n) is 14.7. The molecular weight excluding hydrogens is 324 g/mol. The van der Waals surface area contributed by atoms with Crippen LogP contribution in [0.1, 0.15) is 61.4 Å². The number of nitrogens with one attached hydrogen (secondary N) is 1. The Morgan fingerprint density at radius 3 is 2.46 bits per heavy atom. The van der Waals surface area contributed by atoms with E-state index in [9.17, 15) is 13.2 Å². The lowest BCUT2D eigenvalue weighted by molar-refractivity contribution is 0.0953. The van der Waals surface area contributed by atoms with Gasteiger partial charge in [-0.25, -0.2) is 8.42 Å². The minimum Gasteiger partial charge on any atom is -0.352 e. The fourth-order valence-corrected chi connectivity index (χ4v) is 4.69. The van der Waals surface area contributed by atoms with Gasteiger partial charge in [-0.1, -0.05) is 32.3 Å². The fraction of sp³-hybridized carbons (Fsp3) is 0.611. The van der Waals surface area contributed by atoms with E-state index in [1.54, 1.807) is 23.4 Å². The molecule has 6 heteroatoms. The van der Waals surface area contributed by atoms with Crippen LogP contribution in [-0.2, 0) is 10.0 Å². The van der Waals surface area contributed by atoms with Gasteiger partial charge < -0.3 is 5.32 Å². The highest BCUT2D eigenvalue weighted by Gasteiger charge is 2.27. The molecule has 2 rings (SSSR count). The standard InChI is InChI=1S/C18H28N2O3S/c1-3-4-11-19-18(21)16-10-9-15(2)17(14-16)24(22,23)20-12-7-5-6-8-13-20/h9-10,14H,3-8,11-13H2,1-2H3,(H,19,21). The monoisotopic (exact) mass is 352 g/mol. The molecule has 0 saturated carbocycles. The molecule has 0 unspecified atom stereocenters. The molecule has 0 radical (unpaired) electrons. The first-order valence-electron chi connectivity index (χ1n) is 8.86. The molecule has 5 nitrogen and oxygen atoms in total. The number of aryl methyl sites for hydroxylation is 1. The predicted molar refractivity (Wildman–Crippen MR) is 95.6 cm³/mol. The van der Waals surface area contributed by atoms with Gasteiger partial charge in [0.05, 0.1) is 4.90 Å². The first kappa shape index (κ1) is 18.9. The Hall–Kier alpha value is -1.40. The normalized spacial score (nSPS) is 16.6. The molecule has 1 saturated heterocycles. The van der Waals surface area contributed by atoms with Crippen LogP contribution in [0.25, 0.3) is 0 Å². The topological polar surface area (TPSA) is 66.5 Å². The average Bonchev–Trinajstić information content (AvgIpc) is 2.85. The van der Waals surface area contributed by atoms with Crippen LogP contribution in [-0.4, -0.2) is 38.3 Å². The van der Waals surface area contributed by atoms with E-state index in [1.807, 2.05) is 0 Å². The summed E-state index contributed by atoms with van der Waals surface area (Å²) in [5, 5.41) is 2.84. The van der Waals surface area contributed by atoms with Gasteiger partial charge in [0.15, 0.2) is 0 Å². The SMILES string of the molecule is CCCCNC(=O)c1ccc(C)c(S(=O)(=O)N2CCCCCC2)c1. The summed E-state index contributed by atoms with van der Waals surface area (Å²) >= 11 is 0. The fourth-order valence-electron chi connectivity index (χ4n) is 2.92. The van der Waals surface area contributed by atoms with Gasteiger partial charge in [-0.05, 0) is 43.9 Å². The van der Waals surface area contributed by atoms with Crippen molar-refractivity contribution in [1.29, 1.82) is 0 Å². The molecule has 0 bridgehead atoms. The van der Waals surface area contributed by atoms with Crippen molar-refractivity contribution >= 4 is 15.9 Å². The van der Waals surface area contributed by atoms with Gasteiger partial charge in [-0.2, -0.15) is 4.31 Å². The van der Waals surface area contributed by atoms with Crippen LogP contribution in [0, 0.1) is 6.92 Å². The van der Waals surface area contributed by atoms with E-state index in [0.29, 0.717) is 30.8 Å². The maximum absolute atomic E-state index is 13.0. The lowest BCUT2D eigenvalue weighted by atomic mass is 10.1. The molecule has 1 aliphatic heterocycles. The second-order valence-corrected chi connectivity index (χ2v) is 8.31. The maximum atomic E-state index is 13.0. The molecule has 0 spiro atoms. The third-order valence-corrected chi connectivity index (χ3v) is 6.49. The average molecular weight is 353 g/mol. The van der Waals surface area contributed by atoms with Crippen LogP contribution in [0.2, 0.25) is 0 Å². The number of benzene rings is 1. The summed E-state index contributed by atoms with van der Waals surface area (Å²) in [5.74, 6) is -0.212. The molecule has 1 N–H and O–H groups in total. The van der Waals surface area contributed by atoms with Crippen LogP contribution >= 0.6 is 0 Å². The highest BCUT2D eigenvalue weighted by molar-refractivity contribution is 7.89. The second kappa shape index (κ2) is 8.62. The molecule has 1 fully saturated rings. The second-order valence-electron chi connectivity index (χ2n) is 6.41. The van der Waals surface area contributed by atoms with Crippen molar-refractivity contribution in [2.24, 2.45) is 0 Å². The molecule has 0 aromatic heterocycles. The molecule has 0 atom stereocenters. The van der Waals surface area contributed by atoms with Crippen LogP contribution in [0.3, 0.4) is 0 Å². The Morgan fingerprint density at radius 2 is 1.83 bits per heavy atom. The molecule has 1 heterocycles. The van der Waals surface area contributed by atoms with Crippen LogP contribution < -0.4 is 5.32 Å². The smallest absolute Gasteiger partial charge is 0.251 e. The highest BCUT2D eigenvalue weighted by atomic mass is 32.2. The summed E-state index contributed by atoms with van der Waals surface area (Å²) in [5.41, 5.74) is 1.09. The quantitative estimate of drug-likeness (QED) is 0.800. The third-order valence-electron chi connectivity index (χ3n) is 4.45. The highest BCUT2D eigenvalue weighted by Crippen LogP contribution is 2.24. The summed E-state index contributed by atoms with van der Waals surface area (Å²) in [4.78, 5) is 12.5. The van der Waals surface area contributed by atoms with Crippen molar-refractivity contribution in [3.63, 3.8) is 0 Å². The molecule has 134 valence electrons. The number of carbonyl (C=O) groups excluding carboxylic acids is 1. The van der Waals surface area contributed by atoms with E-state index in [4.69, 9.17) is 0 Å². The van der Waals surface area contributed by atoms with Crippen LogP contribution in [0.4, 0.5) is 0 Å². The van der Waals surface area contributed by atoms with Crippen molar-refractivity contribution in [3.8, 4) is 0 Å². The summed E-state index contributed by atoms with van der Waals surface area (Å²) in [6.07, 6.45) is 5.86. The van der Waals surface area contributed by atoms with Gasteiger partial charge >= 0.3 is 0 Å². The van der Waals surface area contributed by atoms with Gasteiger partial charge in [-0.3, -0.25) is 4.79 Å². The number of sulfonamides is 1. The molecule has 1 aromatic rings. The summed E-state index contributed by atoms with van der Waals surface area (Å²) < 4.78 is 27.6. The number of hydrogen-bond acceptors (Lipinski definition) is 3. The van der Waals surface area contributed by atoms with E-state index in [-0.39, 0.29) is 10.8 Å². The van der Waals surface area contributed by atoms with Crippen LogP contribution in [0.5, 0.6) is 0 Å². The number of rotatable bonds is 6. The van der Waals surface area contributed by atoms with E-state index in [2.05, 4.69) is 12.2 Å². The zero-order valence-corrected chi connectivity index (χ0v) is 15.5. The van der Waals surface area contributed by atoms with Crippen molar-refractivity contribution in [2.75, 3.05) is 19.6 Å². The lowest BCUT2D eigenvalue weighted by Crippen LogP contribution is -2.32. The van der Waals surface area contributed by atoms with Gasteiger partial charge in [0.2, 0.25) is 10.0 Å². The first-order chi connectivity index (χ1) is 11.5. The zero-order chi connectivity index (χ0) is 17.6. The molecule has 1 aromatic carbocycles. The number of amides is 1. The predicted octanol–water partition coefficient (Wildman–Crippen LogP) is 3.09. The van der Waals surface area contributed by atoms with Crippen molar-refractivity contribution in [3.05, 3.63) is 29.3 Å². The lowest BCUT2D eigenvalue weighted by Gasteiger charge is -2.21. The molecule has 1 amide bonds. The molecule has 0 aliphatic carbocycles. The Kier molecular flexibility index (Phi) is 6.80.